The maximum Gasteiger partial charge on any atom is 0.494 e. The molecular formula is C17H25BO2. The molecule has 1 heterocycles. The fourth-order valence-corrected chi connectivity index (χ4v) is 3.19. The summed E-state index contributed by atoms with van der Waals surface area (Å²) in [5, 5.41) is 0. The molecule has 1 aromatic rings. The summed E-state index contributed by atoms with van der Waals surface area (Å²) < 4.78 is 12.3. The molecule has 0 saturated carbocycles. The number of benzene rings is 1. The van der Waals surface area contributed by atoms with Gasteiger partial charge in [-0.2, -0.15) is 0 Å². The fourth-order valence-electron chi connectivity index (χ4n) is 3.19. The van der Waals surface area contributed by atoms with E-state index in [1.807, 2.05) is 0 Å². The molecule has 20 heavy (non-hydrogen) atoms. The maximum absolute atomic E-state index is 6.14. The first-order chi connectivity index (χ1) is 9.12. The smallest absolute Gasteiger partial charge is 0.399 e. The molecule has 0 aromatic heterocycles. The van der Waals surface area contributed by atoms with Crippen LogP contribution in [0.4, 0.5) is 0 Å². The van der Waals surface area contributed by atoms with Gasteiger partial charge >= 0.3 is 7.12 Å². The SMILES string of the molecule is CC1(C)CCc2cc(B3OC(C)(C)C(C)(C)O3)ccc21. The summed E-state index contributed by atoms with van der Waals surface area (Å²) in [7, 11) is -0.242. The lowest BCUT2D eigenvalue weighted by atomic mass is 9.76. The highest BCUT2D eigenvalue weighted by Crippen LogP contribution is 2.39. The Balaban J connectivity index is 1.91. The summed E-state index contributed by atoms with van der Waals surface area (Å²) in [4.78, 5) is 0. The van der Waals surface area contributed by atoms with Gasteiger partial charge in [-0.05, 0) is 62.5 Å². The Hall–Kier alpha value is -0.795. The first kappa shape index (κ1) is 14.2. The predicted octanol–water partition coefficient (Wildman–Crippen LogP) is 3.21. The molecule has 3 heteroatoms. The topological polar surface area (TPSA) is 18.5 Å². The molecular weight excluding hydrogens is 247 g/mol. The van der Waals surface area contributed by atoms with Crippen LogP contribution in [-0.4, -0.2) is 18.3 Å². The lowest BCUT2D eigenvalue weighted by molar-refractivity contribution is 0.00578. The zero-order valence-corrected chi connectivity index (χ0v) is 13.5. The van der Waals surface area contributed by atoms with Crippen LogP contribution in [-0.2, 0) is 21.1 Å². The van der Waals surface area contributed by atoms with Crippen molar-refractivity contribution < 1.29 is 9.31 Å². The van der Waals surface area contributed by atoms with Crippen LogP contribution in [0.2, 0.25) is 0 Å². The molecule has 0 amide bonds. The van der Waals surface area contributed by atoms with Gasteiger partial charge in [0.1, 0.15) is 0 Å². The molecule has 0 bridgehead atoms. The number of hydrogen-bond donors (Lipinski definition) is 0. The van der Waals surface area contributed by atoms with Gasteiger partial charge in [0.15, 0.2) is 0 Å². The van der Waals surface area contributed by atoms with Crippen LogP contribution in [0.3, 0.4) is 0 Å². The molecule has 0 radical (unpaired) electrons. The van der Waals surface area contributed by atoms with Gasteiger partial charge in [0.25, 0.3) is 0 Å². The van der Waals surface area contributed by atoms with E-state index in [-0.39, 0.29) is 18.3 Å². The van der Waals surface area contributed by atoms with Gasteiger partial charge in [-0.1, -0.05) is 32.0 Å². The molecule has 0 N–H and O–H groups in total. The fraction of sp³-hybridized carbons (Fsp3) is 0.647. The number of rotatable bonds is 1. The predicted molar refractivity (Wildman–Crippen MR) is 83.5 cm³/mol. The number of hydrogen-bond acceptors (Lipinski definition) is 2. The normalized spacial score (nSPS) is 25.8. The minimum Gasteiger partial charge on any atom is -0.399 e. The Bertz CT molecular complexity index is 530. The summed E-state index contributed by atoms with van der Waals surface area (Å²) in [6.07, 6.45) is 2.39. The second-order valence-corrected chi connectivity index (χ2v) is 7.89. The van der Waals surface area contributed by atoms with Gasteiger partial charge in [-0.25, -0.2) is 0 Å². The lowest BCUT2D eigenvalue weighted by Crippen LogP contribution is -2.41. The van der Waals surface area contributed by atoms with E-state index < -0.39 is 0 Å². The number of fused-ring (bicyclic) bond motifs is 1. The van der Waals surface area contributed by atoms with E-state index >= 15 is 0 Å². The van der Waals surface area contributed by atoms with Gasteiger partial charge < -0.3 is 9.31 Å². The summed E-state index contributed by atoms with van der Waals surface area (Å²) in [5.41, 5.74) is 3.87. The first-order valence-electron chi connectivity index (χ1n) is 7.61. The van der Waals surface area contributed by atoms with E-state index in [1.54, 1.807) is 0 Å². The highest BCUT2D eigenvalue weighted by Gasteiger charge is 2.51. The van der Waals surface area contributed by atoms with E-state index in [0.29, 0.717) is 5.41 Å². The molecule has 0 unspecified atom stereocenters. The highest BCUT2D eigenvalue weighted by molar-refractivity contribution is 6.62. The second kappa shape index (κ2) is 4.11. The molecule has 1 saturated heterocycles. The summed E-state index contributed by atoms with van der Waals surface area (Å²) >= 11 is 0. The maximum atomic E-state index is 6.14. The zero-order valence-electron chi connectivity index (χ0n) is 13.5. The van der Waals surface area contributed by atoms with Crippen LogP contribution in [0.1, 0.15) is 59.1 Å². The van der Waals surface area contributed by atoms with Gasteiger partial charge in [0, 0.05) is 0 Å². The largest absolute Gasteiger partial charge is 0.494 e. The Morgan fingerprint density at radius 2 is 1.55 bits per heavy atom. The van der Waals surface area contributed by atoms with Gasteiger partial charge in [0.2, 0.25) is 0 Å². The van der Waals surface area contributed by atoms with Crippen molar-refractivity contribution in [2.45, 2.75) is 71.0 Å². The summed E-state index contributed by atoms with van der Waals surface area (Å²) in [6.45, 7) is 13.1. The average Bonchev–Trinajstić information content (AvgIpc) is 2.74. The zero-order chi connectivity index (χ0) is 14.8. The molecule has 108 valence electrons. The van der Waals surface area contributed by atoms with Crippen molar-refractivity contribution in [3.8, 4) is 0 Å². The van der Waals surface area contributed by atoms with E-state index in [4.69, 9.17) is 9.31 Å². The van der Waals surface area contributed by atoms with Crippen LogP contribution < -0.4 is 5.46 Å². The van der Waals surface area contributed by atoms with Crippen LogP contribution in [0.25, 0.3) is 0 Å². The second-order valence-electron chi connectivity index (χ2n) is 7.89. The van der Waals surface area contributed by atoms with Crippen LogP contribution >= 0.6 is 0 Å². The molecule has 1 aliphatic heterocycles. The Labute approximate surface area is 123 Å². The summed E-state index contributed by atoms with van der Waals surface area (Å²) in [6, 6.07) is 6.73. The Morgan fingerprint density at radius 3 is 2.15 bits per heavy atom. The third kappa shape index (κ3) is 2.03. The van der Waals surface area contributed by atoms with Crippen molar-refractivity contribution in [2.75, 3.05) is 0 Å². The molecule has 3 rings (SSSR count). The molecule has 1 fully saturated rings. The van der Waals surface area contributed by atoms with Gasteiger partial charge in [0.05, 0.1) is 11.2 Å². The van der Waals surface area contributed by atoms with E-state index in [0.717, 1.165) is 11.9 Å². The highest BCUT2D eigenvalue weighted by atomic mass is 16.7. The summed E-state index contributed by atoms with van der Waals surface area (Å²) in [5.74, 6) is 0. The van der Waals surface area contributed by atoms with E-state index in [1.165, 1.54) is 17.5 Å². The van der Waals surface area contributed by atoms with Crippen LogP contribution in [0, 0.1) is 0 Å². The van der Waals surface area contributed by atoms with Crippen molar-refractivity contribution in [2.24, 2.45) is 0 Å². The quantitative estimate of drug-likeness (QED) is 0.731. The molecule has 2 aliphatic rings. The van der Waals surface area contributed by atoms with Gasteiger partial charge in [-0.15, -0.1) is 0 Å². The molecule has 2 nitrogen and oxygen atoms in total. The third-order valence-corrected chi connectivity index (χ3v) is 5.40. The monoisotopic (exact) mass is 272 g/mol. The number of aryl methyl sites for hydroxylation is 1. The van der Waals surface area contributed by atoms with E-state index in [2.05, 4.69) is 59.7 Å². The van der Waals surface area contributed by atoms with E-state index in [9.17, 15) is 0 Å². The minimum atomic E-state index is -0.268. The van der Waals surface area contributed by atoms with Gasteiger partial charge in [-0.3, -0.25) is 0 Å². The molecule has 1 aromatic carbocycles. The first-order valence-corrected chi connectivity index (χ1v) is 7.61. The Kier molecular flexibility index (Phi) is 2.91. The average molecular weight is 272 g/mol. The Morgan fingerprint density at radius 1 is 0.950 bits per heavy atom. The molecule has 1 aliphatic carbocycles. The van der Waals surface area contributed by atoms with Crippen LogP contribution in [0.15, 0.2) is 18.2 Å². The third-order valence-electron chi connectivity index (χ3n) is 5.40. The van der Waals surface area contributed by atoms with Crippen molar-refractivity contribution in [1.29, 1.82) is 0 Å². The van der Waals surface area contributed by atoms with Crippen molar-refractivity contribution in [1.82, 2.24) is 0 Å². The minimum absolute atomic E-state index is 0.242. The molecule has 0 atom stereocenters. The van der Waals surface area contributed by atoms with Crippen LogP contribution in [0.5, 0.6) is 0 Å². The van der Waals surface area contributed by atoms with Crippen molar-refractivity contribution in [3.05, 3.63) is 29.3 Å². The standard InChI is InChI=1S/C17H25BO2/c1-15(2)10-9-12-11-13(7-8-14(12)15)18-19-16(3,4)17(5,6)20-18/h7-8,11H,9-10H2,1-6H3. The molecule has 0 spiro atoms. The lowest BCUT2D eigenvalue weighted by Gasteiger charge is -2.32. The van der Waals surface area contributed by atoms with Crippen molar-refractivity contribution >= 4 is 12.6 Å². The van der Waals surface area contributed by atoms with Crippen molar-refractivity contribution in [3.63, 3.8) is 0 Å².